The number of halogens is 2. The number of nitrogens with one attached hydrogen (secondary N) is 1. The van der Waals surface area contributed by atoms with E-state index in [1.54, 1.807) is 23.5 Å². The zero-order valence-electron chi connectivity index (χ0n) is 8.71. The van der Waals surface area contributed by atoms with E-state index in [2.05, 4.69) is 33.4 Å². The highest BCUT2D eigenvalue weighted by Crippen LogP contribution is 2.26. The standard InChI is InChI=1S/C12H8BrClN2S/c13-12-4-2-9(17-12)7-16-11-3-1-8(6-15)5-10(11)14/h1-5,16H,7H2. The molecule has 1 heterocycles. The Morgan fingerprint density at radius 3 is 2.76 bits per heavy atom. The van der Waals surface area contributed by atoms with Crippen LogP contribution in [0.15, 0.2) is 34.1 Å². The molecule has 5 heteroatoms. The van der Waals surface area contributed by atoms with Crippen LogP contribution in [0.25, 0.3) is 0 Å². The third-order valence-corrected chi connectivity index (χ3v) is 4.12. The van der Waals surface area contributed by atoms with Crippen LogP contribution in [-0.2, 0) is 6.54 Å². The Bertz CT molecular complexity index is 574. The van der Waals surface area contributed by atoms with Gasteiger partial charge in [0.05, 0.1) is 26.1 Å². The van der Waals surface area contributed by atoms with Crippen LogP contribution in [0.5, 0.6) is 0 Å². The number of hydrogen-bond donors (Lipinski definition) is 1. The van der Waals surface area contributed by atoms with Crippen molar-refractivity contribution in [3.8, 4) is 6.07 Å². The van der Waals surface area contributed by atoms with Crippen LogP contribution in [0.2, 0.25) is 5.02 Å². The van der Waals surface area contributed by atoms with Gasteiger partial charge in [-0.1, -0.05) is 11.6 Å². The Hall–Kier alpha value is -1.02. The smallest absolute Gasteiger partial charge is 0.0992 e. The Kier molecular flexibility index (Phi) is 4.06. The summed E-state index contributed by atoms with van der Waals surface area (Å²) in [5.74, 6) is 0. The summed E-state index contributed by atoms with van der Waals surface area (Å²) in [4.78, 5) is 1.22. The fourth-order valence-corrected chi connectivity index (χ4v) is 3.03. The molecule has 0 spiro atoms. The number of thiophene rings is 1. The molecule has 0 atom stereocenters. The van der Waals surface area contributed by atoms with Gasteiger partial charge in [-0.25, -0.2) is 0 Å². The summed E-state index contributed by atoms with van der Waals surface area (Å²) in [5, 5.41) is 12.5. The van der Waals surface area contributed by atoms with Crippen LogP contribution >= 0.6 is 38.9 Å². The molecule has 2 rings (SSSR count). The van der Waals surface area contributed by atoms with Gasteiger partial charge in [0.2, 0.25) is 0 Å². The SMILES string of the molecule is N#Cc1ccc(NCc2ccc(Br)s2)c(Cl)c1. The zero-order valence-corrected chi connectivity index (χ0v) is 11.9. The Morgan fingerprint density at radius 2 is 2.18 bits per heavy atom. The molecular weight excluding hydrogens is 320 g/mol. The van der Waals surface area contributed by atoms with Crippen LogP contribution < -0.4 is 5.32 Å². The van der Waals surface area contributed by atoms with E-state index in [0.29, 0.717) is 10.6 Å². The van der Waals surface area contributed by atoms with Gasteiger partial charge in [-0.2, -0.15) is 5.26 Å². The van der Waals surface area contributed by atoms with E-state index in [-0.39, 0.29) is 0 Å². The van der Waals surface area contributed by atoms with E-state index in [1.807, 2.05) is 12.1 Å². The predicted molar refractivity (Wildman–Crippen MR) is 75.5 cm³/mol. The molecule has 0 amide bonds. The Labute approximate surface area is 117 Å². The van der Waals surface area contributed by atoms with Crippen molar-refractivity contribution in [1.82, 2.24) is 0 Å². The molecule has 86 valence electrons. The van der Waals surface area contributed by atoms with Gasteiger partial charge in [0.25, 0.3) is 0 Å². The molecule has 1 aromatic heterocycles. The van der Waals surface area contributed by atoms with Gasteiger partial charge in [-0.05, 0) is 46.3 Å². The van der Waals surface area contributed by atoms with Crippen LogP contribution in [0.3, 0.4) is 0 Å². The minimum absolute atomic E-state index is 0.569. The van der Waals surface area contributed by atoms with Crippen molar-refractivity contribution in [2.75, 3.05) is 5.32 Å². The van der Waals surface area contributed by atoms with Crippen molar-refractivity contribution < 1.29 is 0 Å². The summed E-state index contributed by atoms with van der Waals surface area (Å²) in [7, 11) is 0. The molecule has 0 aliphatic rings. The molecule has 1 aromatic carbocycles. The normalized spacial score (nSPS) is 9.94. The lowest BCUT2D eigenvalue weighted by Crippen LogP contribution is -1.98. The van der Waals surface area contributed by atoms with Crippen LogP contribution in [-0.4, -0.2) is 0 Å². The van der Waals surface area contributed by atoms with E-state index >= 15 is 0 Å². The van der Waals surface area contributed by atoms with Crippen molar-refractivity contribution in [2.24, 2.45) is 0 Å². The van der Waals surface area contributed by atoms with Crippen molar-refractivity contribution in [2.45, 2.75) is 6.54 Å². The van der Waals surface area contributed by atoms with Gasteiger partial charge in [0, 0.05) is 11.4 Å². The Balaban J connectivity index is 2.07. The molecule has 2 nitrogen and oxygen atoms in total. The number of nitriles is 1. The third-order valence-electron chi connectivity index (χ3n) is 2.18. The van der Waals surface area contributed by atoms with Crippen molar-refractivity contribution in [3.63, 3.8) is 0 Å². The van der Waals surface area contributed by atoms with Gasteiger partial charge >= 0.3 is 0 Å². The maximum Gasteiger partial charge on any atom is 0.0992 e. The van der Waals surface area contributed by atoms with E-state index in [4.69, 9.17) is 16.9 Å². The molecule has 0 aliphatic carbocycles. The van der Waals surface area contributed by atoms with Gasteiger partial charge in [-0.15, -0.1) is 11.3 Å². The lowest BCUT2D eigenvalue weighted by Gasteiger charge is -2.07. The Morgan fingerprint density at radius 1 is 1.35 bits per heavy atom. The molecule has 1 N–H and O–H groups in total. The minimum atomic E-state index is 0.569. The number of anilines is 1. The van der Waals surface area contributed by atoms with E-state index in [1.165, 1.54) is 4.88 Å². The second kappa shape index (κ2) is 5.54. The highest BCUT2D eigenvalue weighted by atomic mass is 79.9. The first-order valence-electron chi connectivity index (χ1n) is 4.87. The van der Waals surface area contributed by atoms with E-state index < -0.39 is 0 Å². The van der Waals surface area contributed by atoms with Crippen LogP contribution in [0.4, 0.5) is 5.69 Å². The first-order chi connectivity index (χ1) is 8.19. The summed E-state index contributed by atoms with van der Waals surface area (Å²) in [5.41, 5.74) is 1.41. The lowest BCUT2D eigenvalue weighted by atomic mass is 10.2. The van der Waals surface area contributed by atoms with E-state index in [0.717, 1.165) is 16.0 Å². The molecule has 2 aromatic rings. The zero-order chi connectivity index (χ0) is 12.3. The molecular formula is C12H8BrClN2S. The molecule has 0 saturated heterocycles. The molecule has 0 fully saturated rings. The van der Waals surface area contributed by atoms with Gasteiger partial charge < -0.3 is 5.32 Å². The molecule has 0 aliphatic heterocycles. The van der Waals surface area contributed by atoms with Crippen molar-refractivity contribution in [3.05, 3.63) is 49.6 Å². The van der Waals surface area contributed by atoms with Crippen molar-refractivity contribution >= 4 is 44.6 Å². The largest absolute Gasteiger partial charge is 0.379 e. The molecule has 0 saturated carbocycles. The van der Waals surface area contributed by atoms with Gasteiger partial charge in [0.1, 0.15) is 0 Å². The average Bonchev–Trinajstić information content (AvgIpc) is 2.73. The first kappa shape index (κ1) is 12.4. The number of benzene rings is 1. The fraction of sp³-hybridized carbons (Fsp3) is 0.0833. The summed E-state index contributed by atoms with van der Waals surface area (Å²) in [6, 6.07) is 11.4. The summed E-state index contributed by atoms with van der Waals surface area (Å²) in [6.45, 7) is 0.724. The second-order valence-corrected chi connectivity index (χ2v) is 6.32. The summed E-state index contributed by atoms with van der Waals surface area (Å²) < 4.78 is 1.11. The molecule has 0 unspecified atom stereocenters. The van der Waals surface area contributed by atoms with E-state index in [9.17, 15) is 0 Å². The number of rotatable bonds is 3. The topological polar surface area (TPSA) is 35.8 Å². The monoisotopic (exact) mass is 326 g/mol. The highest BCUT2D eigenvalue weighted by molar-refractivity contribution is 9.11. The van der Waals surface area contributed by atoms with Crippen LogP contribution in [0.1, 0.15) is 10.4 Å². The highest BCUT2D eigenvalue weighted by Gasteiger charge is 2.02. The third kappa shape index (κ3) is 3.22. The van der Waals surface area contributed by atoms with Gasteiger partial charge in [-0.3, -0.25) is 0 Å². The maximum absolute atomic E-state index is 8.73. The molecule has 17 heavy (non-hydrogen) atoms. The second-order valence-electron chi connectivity index (χ2n) is 3.37. The first-order valence-corrected chi connectivity index (χ1v) is 6.85. The molecule has 0 radical (unpaired) electrons. The van der Waals surface area contributed by atoms with Gasteiger partial charge in [0.15, 0.2) is 0 Å². The molecule has 0 bridgehead atoms. The number of hydrogen-bond acceptors (Lipinski definition) is 3. The summed E-state index contributed by atoms with van der Waals surface area (Å²) in [6.07, 6.45) is 0. The quantitative estimate of drug-likeness (QED) is 0.891. The minimum Gasteiger partial charge on any atom is -0.379 e. The maximum atomic E-state index is 8.73. The summed E-state index contributed by atoms with van der Waals surface area (Å²) >= 11 is 11.2. The predicted octanol–water partition coefficient (Wildman–Crippen LogP) is 4.65. The fourth-order valence-electron chi connectivity index (χ4n) is 1.36. The average molecular weight is 328 g/mol. The number of nitrogens with zero attached hydrogens (tertiary/aromatic N) is 1. The van der Waals surface area contributed by atoms with Crippen molar-refractivity contribution in [1.29, 1.82) is 5.26 Å². The van der Waals surface area contributed by atoms with Crippen LogP contribution in [0, 0.1) is 11.3 Å². The lowest BCUT2D eigenvalue weighted by molar-refractivity contribution is 1.19.